The quantitative estimate of drug-likeness (QED) is 0.691. The Balaban J connectivity index is 1.33. The zero-order valence-corrected chi connectivity index (χ0v) is 14.7. The van der Waals surface area contributed by atoms with E-state index in [1.807, 2.05) is 25.1 Å². The van der Waals surface area contributed by atoms with Gasteiger partial charge in [-0.05, 0) is 37.3 Å². The average molecular weight is 369 g/mol. The van der Waals surface area contributed by atoms with Crippen molar-refractivity contribution >= 4 is 23.4 Å². The van der Waals surface area contributed by atoms with E-state index in [0.717, 1.165) is 5.69 Å². The molecule has 1 amide bonds. The van der Waals surface area contributed by atoms with E-state index >= 15 is 0 Å². The second kappa shape index (κ2) is 7.04. The maximum Gasteiger partial charge on any atom is 0.234 e. The number of carbonyl (C=O) groups is 1. The van der Waals surface area contributed by atoms with Gasteiger partial charge in [-0.15, -0.1) is 10.2 Å². The van der Waals surface area contributed by atoms with Crippen molar-refractivity contribution in [3.05, 3.63) is 48.3 Å². The third-order valence-electron chi connectivity index (χ3n) is 3.68. The Morgan fingerprint density at radius 2 is 2.08 bits per heavy atom. The van der Waals surface area contributed by atoms with E-state index in [1.54, 1.807) is 29.1 Å². The normalized spacial score (nSPS) is 12.2. The van der Waals surface area contributed by atoms with Crippen LogP contribution in [-0.2, 0) is 4.79 Å². The minimum atomic E-state index is -0.136. The van der Waals surface area contributed by atoms with Crippen LogP contribution in [0.5, 0.6) is 11.5 Å². The van der Waals surface area contributed by atoms with E-state index < -0.39 is 0 Å². The summed E-state index contributed by atoms with van der Waals surface area (Å²) in [6, 6.07) is 10.8. The number of benzene rings is 1. The molecule has 0 radical (unpaired) electrons. The fraction of sp³-hybridized carbons (Fsp3) is 0.176. The number of anilines is 1. The first kappa shape index (κ1) is 16.4. The Bertz CT molecular complexity index is 942. The zero-order chi connectivity index (χ0) is 17.9. The van der Waals surface area contributed by atoms with Crippen molar-refractivity contribution in [1.82, 2.24) is 20.0 Å². The minimum absolute atomic E-state index is 0.136. The lowest BCUT2D eigenvalue weighted by Crippen LogP contribution is -2.14. The van der Waals surface area contributed by atoms with Crippen LogP contribution >= 0.6 is 11.8 Å². The van der Waals surface area contributed by atoms with Gasteiger partial charge in [0.1, 0.15) is 5.03 Å². The molecule has 0 unspecified atom stereocenters. The molecule has 3 aromatic rings. The molecule has 0 atom stereocenters. The predicted octanol–water partition coefficient (Wildman–Crippen LogP) is 2.43. The van der Waals surface area contributed by atoms with Crippen LogP contribution in [0.1, 0.15) is 5.69 Å². The SMILES string of the molecule is Cc1ccnn1-c1ccc(SCC(=O)Nc2ccc3c(c2)OCO3)nn1. The average Bonchev–Trinajstić information content (AvgIpc) is 3.29. The highest BCUT2D eigenvalue weighted by molar-refractivity contribution is 7.99. The van der Waals surface area contributed by atoms with Gasteiger partial charge < -0.3 is 14.8 Å². The van der Waals surface area contributed by atoms with Gasteiger partial charge in [0.25, 0.3) is 0 Å². The van der Waals surface area contributed by atoms with Gasteiger partial charge in [0.2, 0.25) is 12.7 Å². The van der Waals surface area contributed by atoms with Gasteiger partial charge in [-0.2, -0.15) is 5.10 Å². The molecule has 4 rings (SSSR count). The highest BCUT2D eigenvalue weighted by atomic mass is 32.2. The second-order valence-electron chi connectivity index (χ2n) is 5.52. The van der Waals surface area contributed by atoms with Crippen molar-refractivity contribution in [2.75, 3.05) is 17.9 Å². The lowest BCUT2D eigenvalue weighted by Gasteiger charge is -2.06. The number of aryl methyl sites for hydroxylation is 1. The molecule has 26 heavy (non-hydrogen) atoms. The molecule has 0 fully saturated rings. The number of amides is 1. The van der Waals surface area contributed by atoms with Crippen LogP contribution in [0.25, 0.3) is 5.82 Å². The van der Waals surface area contributed by atoms with Crippen LogP contribution in [0.15, 0.2) is 47.6 Å². The summed E-state index contributed by atoms with van der Waals surface area (Å²) in [4.78, 5) is 12.1. The standard InChI is InChI=1S/C17H15N5O3S/c1-11-6-7-18-22(11)15-4-5-17(21-20-15)26-9-16(23)19-12-2-3-13-14(8-12)25-10-24-13/h2-8H,9-10H2,1H3,(H,19,23). The van der Waals surface area contributed by atoms with Crippen molar-refractivity contribution < 1.29 is 14.3 Å². The molecule has 0 aliphatic carbocycles. The van der Waals surface area contributed by atoms with Crippen LogP contribution in [-0.4, -0.2) is 38.4 Å². The number of nitrogens with one attached hydrogen (secondary N) is 1. The van der Waals surface area contributed by atoms with E-state index in [9.17, 15) is 4.79 Å². The van der Waals surface area contributed by atoms with Gasteiger partial charge in [-0.3, -0.25) is 4.79 Å². The van der Waals surface area contributed by atoms with Gasteiger partial charge in [-0.1, -0.05) is 11.8 Å². The Kier molecular flexibility index (Phi) is 4.44. The van der Waals surface area contributed by atoms with Crippen molar-refractivity contribution in [1.29, 1.82) is 0 Å². The molecular formula is C17H15N5O3S. The topological polar surface area (TPSA) is 91.2 Å². The summed E-state index contributed by atoms with van der Waals surface area (Å²) in [5.74, 6) is 2.04. The summed E-state index contributed by atoms with van der Waals surface area (Å²) in [6.45, 7) is 2.15. The third-order valence-corrected chi connectivity index (χ3v) is 4.60. The number of thioether (sulfide) groups is 1. The Labute approximate surface area is 153 Å². The number of hydrogen-bond donors (Lipinski definition) is 1. The first-order valence-corrected chi connectivity index (χ1v) is 8.85. The second-order valence-corrected chi connectivity index (χ2v) is 6.51. The molecule has 2 aromatic heterocycles. The number of hydrogen-bond acceptors (Lipinski definition) is 7. The molecule has 0 bridgehead atoms. The molecule has 1 aliphatic rings. The van der Waals surface area contributed by atoms with Gasteiger partial charge in [0.05, 0.1) is 5.75 Å². The predicted molar refractivity (Wildman–Crippen MR) is 95.8 cm³/mol. The largest absolute Gasteiger partial charge is 0.454 e. The maximum atomic E-state index is 12.1. The Morgan fingerprint density at radius 1 is 1.19 bits per heavy atom. The zero-order valence-electron chi connectivity index (χ0n) is 13.9. The lowest BCUT2D eigenvalue weighted by atomic mass is 10.3. The van der Waals surface area contributed by atoms with Crippen molar-refractivity contribution in [2.45, 2.75) is 11.9 Å². The minimum Gasteiger partial charge on any atom is -0.454 e. The summed E-state index contributed by atoms with van der Waals surface area (Å²) >= 11 is 1.31. The van der Waals surface area contributed by atoms with Crippen LogP contribution in [0, 0.1) is 6.92 Å². The first-order chi connectivity index (χ1) is 12.7. The molecule has 1 N–H and O–H groups in total. The van der Waals surface area contributed by atoms with Crippen LogP contribution < -0.4 is 14.8 Å². The van der Waals surface area contributed by atoms with Crippen molar-refractivity contribution in [3.63, 3.8) is 0 Å². The Morgan fingerprint density at radius 3 is 2.85 bits per heavy atom. The number of carbonyl (C=O) groups excluding carboxylic acids is 1. The number of fused-ring (bicyclic) bond motifs is 1. The fourth-order valence-corrected chi connectivity index (χ4v) is 3.04. The van der Waals surface area contributed by atoms with E-state index in [1.165, 1.54) is 11.8 Å². The Hall–Kier alpha value is -3.07. The van der Waals surface area contributed by atoms with E-state index in [2.05, 4.69) is 20.6 Å². The molecular weight excluding hydrogens is 354 g/mol. The molecule has 0 saturated heterocycles. The summed E-state index contributed by atoms with van der Waals surface area (Å²) in [6.07, 6.45) is 1.71. The summed E-state index contributed by atoms with van der Waals surface area (Å²) < 4.78 is 12.2. The monoisotopic (exact) mass is 369 g/mol. The van der Waals surface area contributed by atoms with Gasteiger partial charge in [0.15, 0.2) is 17.3 Å². The van der Waals surface area contributed by atoms with Crippen molar-refractivity contribution in [3.8, 4) is 17.3 Å². The number of aromatic nitrogens is 4. The van der Waals surface area contributed by atoms with Crippen LogP contribution in [0.3, 0.4) is 0 Å². The summed E-state index contributed by atoms with van der Waals surface area (Å²) in [5.41, 5.74) is 1.64. The lowest BCUT2D eigenvalue weighted by molar-refractivity contribution is -0.113. The number of nitrogens with zero attached hydrogens (tertiary/aromatic N) is 4. The van der Waals surface area contributed by atoms with Crippen LogP contribution in [0.2, 0.25) is 0 Å². The van der Waals surface area contributed by atoms with E-state index in [-0.39, 0.29) is 18.5 Å². The molecule has 8 nitrogen and oxygen atoms in total. The molecule has 3 heterocycles. The first-order valence-electron chi connectivity index (χ1n) is 7.86. The van der Waals surface area contributed by atoms with E-state index in [4.69, 9.17) is 9.47 Å². The van der Waals surface area contributed by atoms with Crippen molar-refractivity contribution in [2.24, 2.45) is 0 Å². The molecule has 1 aromatic carbocycles. The molecule has 1 aliphatic heterocycles. The van der Waals surface area contributed by atoms with Gasteiger partial charge in [-0.25, -0.2) is 4.68 Å². The van der Waals surface area contributed by atoms with E-state index in [0.29, 0.717) is 28.0 Å². The fourth-order valence-electron chi connectivity index (χ4n) is 2.42. The molecule has 0 saturated carbocycles. The van der Waals surface area contributed by atoms with Gasteiger partial charge in [0, 0.05) is 23.6 Å². The molecule has 9 heteroatoms. The molecule has 0 spiro atoms. The smallest absolute Gasteiger partial charge is 0.234 e. The third kappa shape index (κ3) is 3.47. The number of rotatable bonds is 5. The number of ether oxygens (including phenoxy) is 2. The van der Waals surface area contributed by atoms with Crippen LogP contribution in [0.4, 0.5) is 5.69 Å². The highest BCUT2D eigenvalue weighted by Gasteiger charge is 2.14. The maximum absolute atomic E-state index is 12.1. The van der Waals surface area contributed by atoms with Gasteiger partial charge >= 0.3 is 0 Å². The molecule has 132 valence electrons. The summed E-state index contributed by atoms with van der Waals surface area (Å²) in [7, 11) is 0. The highest BCUT2D eigenvalue weighted by Crippen LogP contribution is 2.34. The summed E-state index contributed by atoms with van der Waals surface area (Å²) in [5, 5.41) is 16.0.